The molecule has 0 bridgehead atoms. The van der Waals surface area contributed by atoms with Crippen LogP contribution < -0.4 is 11.1 Å². The fraction of sp³-hybridized carbons (Fsp3) is 0.929. The van der Waals surface area contributed by atoms with Crippen molar-refractivity contribution in [2.75, 3.05) is 0 Å². The number of hydrogen-bond acceptors (Lipinski definition) is 2. The molecule has 3 N–H and O–H groups in total. The monoisotopic (exact) mass is 240 g/mol. The quantitative estimate of drug-likeness (QED) is 0.742. The van der Waals surface area contributed by atoms with Gasteiger partial charge in [0.2, 0.25) is 5.91 Å². The van der Waals surface area contributed by atoms with Gasteiger partial charge in [0.05, 0.1) is 6.04 Å². The molecule has 1 rings (SSSR count). The number of nitrogens with one attached hydrogen (secondary N) is 1. The predicted molar refractivity (Wildman–Crippen MR) is 71.6 cm³/mol. The van der Waals surface area contributed by atoms with Crippen molar-refractivity contribution in [3.05, 3.63) is 0 Å². The van der Waals surface area contributed by atoms with E-state index in [1.807, 2.05) is 13.8 Å². The second-order valence-corrected chi connectivity index (χ2v) is 5.82. The molecule has 1 amide bonds. The summed E-state index contributed by atoms with van der Waals surface area (Å²) in [4.78, 5) is 11.9. The van der Waals surface area contributed by atoms with Gasteiger partial charge in [-0.05, 0) is 31.6 Å². The van der Waals surface area contributed by atoms with Crippen LogP contribution in [-0.4, -0.2) is 18.0 Å². The van der Waals surface area contributed by atoms with E-state index >= 15 is 0 Å². The van der Waals surface area contributed by atoms with Crippen molar-refractivity contribution in [1.82, 2.24) is 5.32 Å². The van der Waals surface area contributed by atoms with Crippen LogP contribution in [0.15, 0.2) is 0 Å². The maximum Gasteiger partial charge on any atom is 0.237 e. The van der Waals surface area contributed by atoms with Crippen LogP contribution in [0.5, 0.6) is 0 Å². The van der Waals surface area contributed by atoms with Crippen LogP contribution >= 0.6 is 0 Å². The van der Waals surface area contributed by atoms with Gasteiger partial charge in [-0.2, -0.15) is 0 Å². The Balaban J connectivity index is 2.41. The summed E-state index contributed by atoms with van der Waals surface area (Å²) in [7, 11) is 0. The van der Waals surface area contributed by atoms with Crippen molar-refractivity contribution < 1.29 is 4.79 Å². The van der Waals surface area contributed by atoms with Gasteiger partial charge in [-0.25, -0.2) is 0 Å². The summed E-state index contributed by atoms with van der Waals surface area (Å²) in [5.41, 5.74) is 5.86. The summed E-state index contributed by atoms with van der Waals surface area (Å²) < 4.78 is 0. The minimum Gasteiger partial charge on any atom is -0.352 e. The largest absolute Gasteiger partial charge is 0.352 e. The molecule has 0 aromatic carbocycles. The lowest BCUT2D eigenvalue weighted by molar-refractivity contribution is -0.124. The van der Waals surface area contributed by atoms with E-state index in [4.69, 9.17) is 5.73 Å². The third kappa shape index (κ3) is 4.66. The fourth-order valence-electron chi connectivity index (χ4n) is 2.55. The van der Waals surface area contributed by atoms with E-state index in [2.05, 4.69) is 12.2 Å². The Morgan fingerprint density at radius 3 is 2.12 bits per heavy atom. The summed E-state index contributed by atoms with van der Waals surface area (Å²) in [6, 6.07) is -0.103. The lowest BCUT2D eigenvalue weighted by atomic mass is 9.92. The third-order valence-corrected chi connectivity index (χ3v) is 4.00. The van der Waals surface area contributed by atoms with Gasteiger partial charge < -0.3 is 11.1 Å². The minimum absolute atomic E-state index is 0.0109. The van der Waals surface area contributed by atoms with E-state index in [0.717, 1.165) is 0 Å². The Labute approximate surface area is 106 Å². The van der Waals surface area contributed by atoms with Crippen LogP contribution in [0.3, 0.4) is 0 Å². The number of amides is 1. The zero-order chi connectivity index (χ0) is 12.8. The zero-order valence-electron chi connectivity index (χ0n) is 11.5. The molecular formula is C14H28N2O. The van der Waals surface area contributed by atoms with E-state index in [1.165, 1.54) is 38.5 Å². The molecule has 1 fully saturated rings. The highest BCUT2D eigenvalue weighted by Gasteiger charge is 2.23. The van der Waals surface area contributed by atoms with Crippen molar-refractivity contribution in [2.24, 2.45) is 17.6 Å². The van der Waals surface area contributed by atoms with Crippen LogP contribution in [0.2, 0.25) is 0 Å². The molecule has 0 aromatic rings. The van der Waals surface area contributed by atoms with Crippen molar-refractivity contribution in [2.45, 2.75) is 71.4 Å². The lowest BCUT2D eigenvalue weighted by Gasteiger charge is -2.26. The first-order valence-electron chi connectivity index (χ1n) is 7.08. The maximum absolute atomic E-state index is 11.9. The second kappa shape index (κ2) is 7.00. The summed E-state index contributed by atoms with van der Waals surface area (Å²) in [6.07, 6.45) is 7.81. The SMILES string of the molecule is CC(C)[C@@H](N)C(=O)N[C@@H](C)C1CCCCCC1. The van der Waals surface area contributed by atoms with E-state index in [-0.39, 0.29) is 23.9 Å². The van der Waals surface area contributed by atoms with Gasteiger partial charge in [0, 0.05) is 6.04 Å². The number of carbonyl (C=O) groups is 1. The molecule has 100 valence electrons. The van der Waals surface area contributed by atoms with Crippen molar-refractivity contribution in [1.29, 1.82) is 0 Å². The first kappa shape index (κ1) is 14.5. The van der Waals surface area contributed by atoms with Crippen LogP contribution in [0.4, 0.5) is 0 Å². The summed E-state index contributed by atoms with van der Waals surface area (Å²) >= 11 is 0. The molecule has 3 nitrogen and oxygen atoms in total. The van der Waals surface area contributed by atoms with Gasteiger partial charge in [0.15, 0.2) is 0 Å². The average Bonchev–Trinajstić information content (AvgIpc) is 2.56. The number of carbonyl (C=O) groups excluding carboxylic acids is 1. The molecule has 0 unspecified atom stereocenters. The van der Waals surface area contributed by atoms with Crippen LogP contribution in [0.1, 0.15) is 59.3 Å². The first-order valence-corrected chi connectivity index (χ1v) is 7.08. The highest BCUT2D eigenvalue weighted by atomic mass is 16.2. The van der Waals surface area contributed by atoms with E-state index in [1.54, 1.807) is 0 Å². The van der Waals surface area contributed by atoms with Crippen LogP contribution in [-0.2, 0) is 4.79 Å². The van der Waals surface area contributed by atoms with Crippen molar-refractivity contribution in [3.8, 4) is 0 Å². The summed E-state index contributed by atoms with van der Waals surface area (Å²) in [5, 5.41) is 3.09. The third-order valence-electron chi connectivity index (χ3n) is 4.00. The van der Waals surface area contributed by atoms with Crippen molar-refractivity contribution in [3.63, 3.8) is 0 Å². The number of rotatable bonds is 4. The van der Waals surface area contributed by atoms with E-state index in [0.29, 0.717) is 5.92 Å². The summed E-state index contributed by atoms with van der Waals surface area (Å²) in [6.45, 7) is 6.10. The molecule has 0 aromatic heterocycles. The molecule has 0 heterocycles. The van der Waals surface area contributed by atoms with Crippen LogP contribution in [0, 0.1) is 11.8 Å². The van der Waals surface area contributed by atoms with Gasteiger partial charge in [-0.3, -0.25) is 4.79 Å². The minimum atomic E-state index is -0.372. The van der Waals surface area contributed by atoms with Gasteiger partial charge in [-0.15, -0.1) is 0 Å². The lowest BCUT2D eigenvalue weighted by Crippen LogP contribution is -2.48. The highest BCUT2D eigenvalue weighted by molar-refractivity contribution is 5.81. The normalized spacial score (nSPS) is 21.9. The molecule has 0 aliphatic heterocycles. The van der Waals surface area contributed by atoms with Crippen LogP contribution in [0.25, 0.3) is 0 Å². The zero-order valence-corrected chi connectivity index (χ0v) is 11.5. The first-order chi connectivity index (χ1) is 8.02. The molecule has 3 heteroatoms. The molecule has 17 heavy (non-hydrogen) atoms. The Morgan fingerprint density at radius 2 is 1.65 bits per heavy atom. The van der Waals surface area contributed by atoms with Gasteiger partial charge in [0.1, 0.15) is 0 Å². The van der Waals surface area contributed by atoms with Crippen molar-refractivity contribution >= 4 is 5.91 Å². The Hall–Kier alpha value is -0.570. The van der Waals surface area contributed by atoms with Gasteiger partial charge in [0.25, 0.3) is 0 Å². The standard InChI is InChI=1S/C14H28N2O/c1-10(2)13(15)14(17)16-11(3)12-8-6-4-5-7-9-12/h10-13H,4-9,15H2,1-3H3,(H,16,17)/t11-,13+/m0/s1. The highest BCUT2D eigenvalue weighted by Crippen LogP contribution is 2.25. The number of hydrogen-bond donors (Lipinski definition) is 2. The Morgan fingerprint density at radius 1 is 1.12 bits per heavy atom. The maximum atomic E-state index is 11.9. The summed E-state index contributed by atoms with van der Waals surface area (Å²) in [5.74, 6) is 0.855. The van der Waals surface area contributed by atoms with Gasteiger partial charge in [-0.1, -0.05) is 39.5 Å². The number of nitrogens with two attached hydrogens (primary N) is 1. The predicted octanol–water partition coefficient (Wildman–Crippen LogP) is 2.44. The Kier molecular flexibility index (Phi) is 5.96. The molecule has 1 aliphatic carbocycles. The topological polar surface area (TPSA) is 55.1 Å². The molecule has 0 saturated heterocycles. The van der Waals surface area contributed by atoms with E-state index in [9.17, 15) is 4.79 Å². The second-order valence-electron chi connectivity index (χ2n) is 5.82. The van der Waals surface area contributed by atoms with Gasteiger partial charge >= 0.3 is 0 Å². The average molecular weight is 240 g/mol. The van der Waals surface area contributed by atoms with E-state index < -0.39 is 0 Å². The molecule has 1 saturated carbocycles. The fourth-order valence-corrected chi connectivity index (χ4v) is 2.55. The molecule has 2 atom stereocenters. The molecule has 0 spiro atoms. The smallest absolute Gasteiger partial charge is 0.237 e. The molecular weight excluding hydrogens is 212 g/mol. The molecule has 0 radical (unpaired) electrons. The molecule has 1 aliphatic rings. The Bertz CT molecular complexity index is 232.